The molecular weight excluding hydrogens is 306 g/mol. The van der Waals surface area contributed by atoms with Crippen molar-refractivity contribution in [2.24, 2.45) is 5.92 Å². The van der Waals surface area contributed by atoms with Gasteiger partial charge in [-0.2, -0.15) is 0 Å². The number of benzene rings is 1. The highest BCUT2D eigenvalue weighted by molar-refractivity contribution is 7.89. The van der Waals surface area contributed by atoms with Crippen LogP contribution in [0, 0.1) is 16.0 Å². The van der Waals surface area contributed by atoms with Crippen LogP contribution in [0.15, 0.2) is 29.2 Å². The van der Waals surface area contributed by atoms with Gasteiger partial charge in [0.15, 0.2) is 0 Å². The van der Waals surface area contributed by atoms with Crippen molar-refractivity contribution >= 4 is 15.7 Å². The smallest absolute Gasteiger partial charge is 0.269 e. The van der Waals surface area contributed by atoms with Gasteiger partial charge in [-0.15, -0.1) is 0 Å². The third-order valence-corrected chi connectivity index (χ3v) is 5.93. The Morgan fingerprint density at radius 2 is 1.77 bits per heavy atom. The van der Waals surface area contributed by atoms with Gasteiger partial charge in [-0.1, -0.05) is 0 Å². The molecule has 120 valence electrons. The van der Waals surface area contributed by atoms with Crippen LogP contribution in [0.25, 0.3) is 0 Å². The lowest BCUT2D eigenvalue weighted by Crippen LogP contribution is -2.42. The maximum atomic E-state index is 12.2. The fourth-order valence-electron chi connectivity index (χ4n) is 3.40. The molecule has 2 aliphatic rings. The van der Waals surface area contributed by atoms with Crippen LogP contribution in [0.5, 0.6) is 0 Å². The van der Waals surface area contributed by atoms with Gasteiger partial charge in [0.1, 0.15) is 0 Å². The molecule has 2 saturated heterocycles. The zero-order valence-corrected chi connectivity index (χ0v) is 12.9. The van der Waals surface area contributed by atoms with Gasteiger partial charge in [-0.25, -0.2) is 13.1 Å². The molecule has 3 rings (SSSR count). The lowest BCUT2D eigenvalue weighted by atomic mass is 9.93. The number of piperidine rings is 1. The minimum atomic E-state index is -3.61. The molecule has 2 N–H and O–H groups in total. The van der Waals surface area contributed by atoms with E-state index >= 15 is 0 Å². The topological polar surface area (TPSA) is 101 Å². The maximum absolute atomic E-state index is 12.2. The van der Waals surface area contributed by atoms with Gasteiger partial charge in [-0.3, -0.25) is 10.1 Å². The number of fused-ring (bicyclic) bond motifs is 2. The maximum Gasteiger partial charge on any atom is 0.269 e. The summed E-state index contributed by atoms with van der Waals surface area (Å²) >= 11 is 0. The fourth-order valence-corrected chi connectivity index (χ4v) is 4.52. The van der Waals surface area contributed by atoms with Crippen LogP contribution in [0.4, 0.5) is 5.69 Å². The zero-order chi connectivity index (χ0) is 15.7. The number of nitro benzene ring substituents is 1. The largest absolute Gasteiger partial charge is 0.311 e. The number of hydrogen-bond donors (Lipinski definition) is 2. The van der Waals surface area contributed by atoms with Gasteiger partial charge in [0.2, 0.25) is 10.0 Å². The number of nitrogens with zero attached hydrogens (tertiary/aromatic N) is 1. The molecule has 2 heterocycles. The summed E-state index contributed by atoms with van der Waals surface area (Å²) in [6, 6.07) is 6.00. The molecule has 0 aliphatic carbocycles. The molecule has 2 atom stereocenters. The summed E-state index contributed by atoms with van der Waals surface area (Å²) < 4.78 is 27.1. The van der Waals surface area contributed by atoms with Gasteiger partial charge in [0.25, 0.3) is 5.69 Å². The molecule has 0 amide bonds. The van der Waals surface area contributed by atoms with Crippen molar-refractivity contribution in [2.75, 3.05) is 6.54 Å². The van der Waals surface area contributed by atoms with E-state index < -0.39 is 14.9 Å². The number of nitrogens with one attached hydrogen (secondary N) is 2. The highest BCUT2D eigenvalue weighted by Crippen LogP contribution is 2.30. The van der Waals surface area contributed by atoms with E-state index in [2.05, 4.69) is 10.0 Å². The predicted molar refractivity (Wildman–Crippen MR) is 81.0 cm³/mol. The van der Waals surface area contributed by atoms with Gasteiger partial charge < -0.3 is 5.32 Å². The Morgan fingerprint density at radius 1 is 1.18 bits per heavy atom. The number of hydrogen-bond acceptors (Lipinski definition) is 5. The average molecular weight is 325 g/mol. The summed E-state index contributed by atoms with van der Waals surface area (Å²) in [7, 11) is -3.61. The standard InChI is InChI=1S/C14H19N3O4S/c18-17(19)13-3-5-14(6-4-13)22(20,21)15-9-10-7-11-1-2-12(8-10)16-11/h3-6,10-12,15-16H,1-2,7-9H2. The summed E-state index contributed by atoms with van der Waals surface area (Å²) in [5, 5.41) is 14.1. The first-order chi connectivity index (χ1) is 10.4. The molecule has 0 saturated carbocycles. The summed E-state index contributed by atoms with van der Waals surface area (Å²) in [4.78, 5) is 10.1. The van der Waals surface area contributed by atoms with Crippen molar-refractivity contribution in [3.8, 4) is 0 Å². The van der Waals surface area contributed by atoms with Crippen molar-refractivity contribution in [2.45, 2.75) is 42.7 Å². The van der Waals surface area contributed by atoms with Crippen molar-refractivity contribution in [3.05, 3.63) is 34.4 Å². The SMILES string of the molecule is O=[N+]([O-])c1ccc(S(=O)(=O)NCC2CC3CCC(C2)N3)cc1. The summed E-state index contributed by atoms with van der Waals surface area (Å²) in [5.74, 6) is 0.353. The Morgan fingerprint density at radius 3 is 2.32 bits per heavy atom. The van der Waals surface area contributed by atoms with Crippen LogP contribution in [0.2, 0.25) is 0 Å². The molecule has 1 aromatic carbocycles. The molecule has 2 bridgehead atoms. The summed E-state index contributed by atoms with van der Waals surface area (Å²) in [5.41, 5.74) is -0.117. The molecule has 7 nitrogen and oxygen atoms in total. The molecule has 0 radical (unpaired) electrons. The van der Waals surface area contributed by atoms with E-state index in [0.717, 1.165) is 12.8 Å². The molecular formula is C14H19N3O4S. The predicted octanol–water partition coefficient (Wildman–Crippen LogP) is 1.40. The van der Waals surface area contributed by atoms with Crippen LogP contribution < -0.4 is 10.0 Å². The lowest BCUT2D eigenvalue weighted by molar-refractivity contribution is -0.384. The first-order valence-electron chi connectivity index (χ1n) is 7.44. The second kappa shape index (κ2) is 5.94. The number of sulfonamides is 1. The molecule has 2 unspecified atom stereocenters. The first-order valence-corrected chi connectivity index (χ1v) is 8.92. The van der Waals surface area contributed by atoms with Gasteiger partial charge >= 0.3 is 0 Å². The van der Waals surface area contributed by atoms with E-state index in [1.165, 1.54) is 37.1 Å². The normalized spacial score (nSPS) is 27.7. The molecule has 1 aromatic rings. The highest BCUT2D eigenvalue weighted by Gasteiger charge is 2.33. The Balaban J connectivity index is 1.62. The van der Waals surface area contributed by atoms with Crippen molar-refractivity contribution in [1.82, 2.24) is 10.0 Å². The first kappa shape index (κ1) is 15.4. The van der Waals surface area contributed by atoms with E-state index in [9.17, 15) is 18.5 Å². The van der Waals surface area contributed by atoms with Crippen LogP contribution in [0.1, 0.15) is 25.7 Å². The molecule has 0 spiro atoms. The average Bonchev–Trinajstić information content (AvgIpc) is 2.84. The second-order valence-corrected chi connectivity index (χ2v) is 7.85. The fraction of sp³-hybridized carbons (Fsp3) is 0.571. The van der Waals surface area contributed by atoms with Crippen molar-refractivity contribution in [3.63, 3.8) is 0 Å². The monoisotopic (exact) mass is 325 g/mol. The van der Waals surface area contributed by atoms with Crippen molar-refractivity contribution < 1.29 is 13.3 Å². The summed E-state index contributed by atoms with van der Waals surface area (Å²) in [6.45, 7) is 0.425. The minimum Gasteiger partial charge on any atom is -0.311 e. The van der Waals surface area contributed by atoms with E-state index in [1.807, 2.05) is 0 Å². The lowest BCUT2D eigenvalue weighted by Gasteiger charge is -2.29. The molecule has 2 fully saturated rings. The van der Waals surface area contributed by atoms with Gasteiger partial charge in [0, 0.05) is 30.8 Å². The minimum absolute atomic E-state index is 0.0648. The zero-order valence-electron chi connectivity index (χ0n) is 12.1. The third-order valence-electron chi connectivity index (χ3n) is 4.49. The number of nitro groups is 1. The number of non-ortho nitro benzene ring substituents is 1. The Labute approximate surface area is 129 Å². The third kappa shape index (κ3) is 3.29. The summed E-state index contributed by atoms with van der Waals surface area (Å²) in [6.07, 6.45) is 4.35. The van der Waals surface area contributed by atoms with E-state index in [4.69, 9.17) is 0 Å². The van der Waals surface area contributed by atoms with Crippen LogP contribution in [-0.2, 0) is 10.0 Å². The van der Waals surface area contributed by atoms with Crippen LogP contribution >= 0.6 is 0 Å². The Hall–Kier alpha value is -1.51. The van der Waals surface area contributed by atoms with Crippen molar-refractivity contribution in [1.29, 1.82) is 0 Å². The van der Waals surface area contributed by atoms with E-state index in [0.29, 0.717) is 24.5 Å². The highest BCUT2D eigenvalue weighted by atomic mass is 32.2. The molecule has 2 aliphatic heterocycles. The Kier molecular flexibility index (Phi) is 4.16. The van der Waals surface area contributed by atoms with E-state index in [-0.39, 0.29) is 10.6 Å². The van der Waals surface area contributed by atoms with Crippen LogP contribution in [0.3, 0.4) is 0 Å². The molecule has 22 heavy (non-hydrogen) atoms. The Bertz CT molecular complexity index is 647. The molecule has 8 heteroatoms. The second-order valence-electron chi connectivity index (χ2n) is 6.08. The van der Waals surface area contributed by atoms with E-state index in [1.54, 1.807) is 0 Å². The quantitative estimate of drug-likeness (QED) is 0.629. The van der Waals surface area contributed by atoms with Gasteiger partial charge in [0.05, 0.1) is 9.82 Å². The number of rotatable bonds is 5. The van der Waals surface area contributed by atoms with Crippen LogP contribution in [-0.4, -0.2) is 32.0 Å². The van der Waals surface area contributed by atoms with Gasteiger partial charge in [-0.05, 0) is 43.7 Å². The molecule has 0 aromatic heterocycles.